The number of amides is 1. The van der Waals surface area contributed by atoms with E-state index in [1.807, 2.05) is 6.07 Å². The largest absolute Gasteiger partial charge is 0.416 e. The van der Waals surface area contributed by atoms with Crippen LogP contribution in [-0.2, 0) is 10.9 Å². The Kier molecular flexibility index (Phi) is 4.89. The van der Waals surface area contributed by atoms with E-state index in [-0.39, 0.29) is 0 Å². The molecule has 2 aromatic rings. The van der Waals surface area contributed by atoms with Gasteiger partial charge in [0, 0.05) is 36.6 Å². The molecule has 1 aliphatic heterocycles. The third kappa shape index (κ3) is 4.27. The number of pyridine rings is 1. The summed E-state index contributed by atoms with van der Waals surface area (Å²) in [5.41, 5.74) is 0.748. The van der Waals surface area contributed by atoms with Crippen molar-refractivity contribution in [3.63, 3.8) is 0 Å². The minimum atomic E-state index is -4.40. The number of aromatic amines is 1. The number of carbonyl (C=O) groups is 1. The first kappa shape index (κ1) is 17.2. The van der Waals surface area contributed by atoms with Crippen LogP contribution in [0.3, 0.4) is 0 Å². The Morgan fingerprint density at radius 2 is 1.80 bits per heavy atom. The fourth-order valence-corrected chi connectivity index (χ4v) is 2.54. The molecular formula is C17H17F3N3O2+. The SMILES string of the molecule is O=C(Nc1ccc(C(F)(F)F)cc1)c1cc(N2CCOCC2)cc[nH+]1. The molecule has 0 radical (unpaired) electrons. The van der Waals surface area contributed by atoms with Crippen LogP contribution in [0.4, 0.5) is 24.5 Å². The molecule has 1 fully saturated rings. The molecule has 0 saturated carbocycles. The lowest BCUT2D eigenvalue weighted by atomic mass is 10.2. The molecule has 1 aromatic carbocycles. The zero-order valence-electron chi connectivity index (χ0n) is 13.3. The van der Waals surface area contributed by atoms with Crippen molar-refractivity contribution >= 4 is 17.3 Å². The third-order valence-corrected chi connectivity index (χ3v) is 3.88. The summed E-state index contributed by atoms with van der Waals surface area (Å²) in [5, 5.41) is 2.59. The number of carbonyl (C=O) groups excluding carboxylic acids is 1. The Hall–Kier alpha value is -2.61. The normalized spacial score (nSPS) is 15.1. The highest BCUT2D eigenvalue weighted by atomic mass is 19.4. The molecule has 0 aliphatic carbocycles. The van der Waals surface area contributed by atoms with Crippen molar-refractivity contribution in [3.8, 4) is 0 Å². The molecular weight excluding hydrogens is 335 g/mol. The number of H-pyrrole nitrogens is 1. The predicted octanol–water partition coefficient (Wildman–Crippen LogP) is 2.61. The van der Waals surface area contributed by atoms with Gasteiger partial charge in [0.05, 0.1) is 18.8 Å². The summed E-state index contributed by atoms with van der Waals surface area (Å²) in [7, 11) is 0. The van der Waals surface area contributed by atoms with Crippen LogP contribution < -0.4 is 15.2 Å². The summed E-state index contributed by atoms with van der Waals surface area (Å²) in [4.78, 5) is 17.3. The van der Waals surface area contributed by atoms with Crippen LogP contribution in [0.15, 0.2) is 42.6 Å². The van der Waals surface area contributed by atoms with Crippen LogP contribution in [0, 0.1) is 0 Å². The Morgan fingerprint density at radius 1 is 1.12 bits per heavy atom. The highest BCUT2D eigenvalue weighted by Crippen LogP contribution is 2.29. The van der Waals surface area contributed by atoms with Crippen LogP contribution >= 0.6 is 0 Å². The van der Waals surface area contributed by atoms with E-state index in [0.717, 1.165) is 30.9 Å². The van der Waals surface area contributed by atoms with Gasteiger partial charge in [-0.3, -0.25) is 4.79 Å². The molecule has 0 atom stereocenters. The Labute approximate surface area is 142 Å². The van der Waals surface area contributed by atoms with Gasteiger partial charge in [-0.05, 0) is 24.3 Å². The van der Waals surface area contributed by atoms with Crippen molar-refractivity contribution in [1.29, 1.82) is 0 Å². The van der Waals surface area contributed by atoms with Crippen LogP contribution in [0.1, 0.15) is 16.1 Å². The minimum absolute atomic E-state index is 0.295. The quantitative estimate of drug-likeness (QED) is 0.924. The number of anilines is 2. The lowest BCUT2D eigenvalue weighted by molar-refractivity contribution is -0.381. The van der Waals surface area contributed by atoms with E-state index in [1.165, 1.54) is 12.1 Å². The Balaban J connectivity index is 1.70. The topological polar surface area (TPSA) is 55.7 Å². The maximum atomic E-state index is 12.6. The van der Waals surface area contributed by atoms with Gasteiger partial charge >= 0.3 is 12.1 Å². The Morgan fingerprint density at radius 3 is 2.44 bits per heavy atom. The van der Waals surface area contributed by atoms with Crippen LogP contribution in [0.5, 0.6) is 0 Å². The summed E-state index contributed by atoms with van der Waals surface area (Å²) in [6.07, 6.45) is -2.74. The zero-order valence-corrected chi connectivity index (χ0v) is 13.3. The molecule has 0 unspecified atom stereocenters. The first-order valence-electron chi connectivity index (χ1n) is 7.76. The van der Waals surface area contributed by atoms with E-state index in [4.69, 9.17) is 4.74 Å². The first-order chi connectivity index (χ1) is 11.9. The number of morpholine rings is 1. The highest BCUT2D eigenvalue weighted by molar-refractivity contribution is 6.02. The van der Waals surface area contributed by atoms with Crippen molar-refractivity contribution in [2.24, 2.45) is 0 Å². The van der Waals surface area contributed by atoms with Crippen molar-refractivity contribution in [2.75, 3.05) is 36.5 Å². The molecule has 0 bridgehead atoms. The van der Waals surface area contributed by atoms with Crippen molar-refractivity contribution in [3.05, 3.63) is 53.9 Å². The van der Waals surface area contributed by atoms with Gasteiger partial charge in [0.25, 0.3) is 5.69 Å². The molecule has 8 heteroatoms. The predicted molar refractivity (Wildman–Crippen MR) is 85.4 cm³/mol. The molecule has 2 heterocycles. The minimum Gasteiger partial charge on any atom is -0.378 e. The van der Waals surface area contributed by atoms with Gasteiger partial charge < -0.3 is 15.0 Å². The second-order valence-electron chi connectivity index (χ2n) is 5.59. The molecule has 1 aliphatic rings. The van der Waals surface area contributed by atoms with E-state index in [2.05, 4.69) is 15.2 Å². The third-order valence-electron chi connectivity index (χ3n) is 3.88. The lowest BCUT2D eigenvalue weighted by Gasteiger charge is -2.28. The van der Waals surface area contributed by atoms with E-state index >= 15 is 0 Å². The molecule has 132 valence electrons. The summed E-state index contributed by atoms with van der Waals surface area (Å²) in [6.45, 7) is 2.74. The molecule has 5 nitrogen and oxygen atoms in total. The molecule has 2 N–H and O–H groups in total. The Bertz CT molecular complexity index is 742. The van der Waals surface area contributed by atoms with Gasteiger partial charge in [-0.15, -0.1) is 0 Å². The number of aromatic nitrogens is 1. The number of alkyl halides is 3. The molecule has 1 aromatic heterocycles. The van der Waals surface area contributed by atoms with E-state index < -0.39 is 17.6 Å². The number of ether oxygens (including phenoxy) is 1. The number of hydrogen-bond acceptors (Lipinski definition) is 3. The standard InChI is InChI=1S/C17H16F3N3O2/c18-17(19,20)12-1-3-13(4-2-12)22-16(24)15-11-14(5-6-21-15)23-7-9-25-10-8-23/h1-6,11H,7-10H2,(H,22,24)/p+1. The average molecular weight is 352 g/mol. The first-order valence-corrected chi connectivity index (χ1v) is 7.76. The van der Waals surface area contributed by atoms with Crippen molar-refractivity contribution in [2.45, 2.75) is 6.18 Å². The smallest absolute Gasteiger partial charge is 0.378 e. The zero-order chi connectivity index (χ0) is 17.9. The highest BCUT2D eigenvalue weighted by Gasteiger charge is 2.30. The lowest BCUT2D eigenvalue weighted by Crippen LogP contribution is -2.36. The van der Waals surface area contributed by atoms with Crippen LogP contribution in [0.25, 0.3) is 0 Å². The molecule has 1 amide bonds. The molecule has 3 rings (SSSR count). The number of benzene rings is 1. The van der Waals surface area contributed by atoms with Gasteiger partial charge in [0.15, 0.2) is 6.20 Å². The fourth-order valence-electron chi connectivity index (χ4n) is 2.54. The van der Waals surface area contributed by atoms with Gasteiger partial charge in [-0.1, -0.05) is 0 Å². The summed E-state index contributed by atoms with van der Waals surface area (Å²) in [6, 6.07) is 7.90. The second-order valence-corrected chi connectivity index (χ2v) is 5.59. The van der Waals surface area contributed by atoms with Crippen LogP contribution in [-0.4, -0.2) is 32.2 Å². The van der Waals surface area contributed by atoms with Gasteiger partial charge in [0.1, 0.15) is 0 Å². The monoisotopic (exact) mass is 352 g/mol. The average Bonchev–Trinajstić information content (AvgIpc) is 2.62. The van der Waals surface area contributed by atoms with Crippen molar-refractivity contribution < 1.29 is 27.7 Å². The van der Waals surface area contributed by atoms with Crippen LogP contribution in [0.2, 0.25) is 0 Å². The van der Waals surface area contributed by atoms with E-state index in [9.17, 15) is 18.0 Å². The maximum absolute atomic E-state index is 12.6. The molecule has 0 spiro atoms. The van der Waals surface area contributed by atoms with E-state index in [1.54, 1.807) is 12.3 Å². The second kappa shape index (κ2) is 7.10. The van der Waals surface area contributed by atoms with Gasteiger partial charge in [-0.25, -0.2) is 4.98 Å². The number of hydrogen-bond donors (Lipinski definition) is 1. The number of rotatable bonds is 3. The molecule has 25 heavy (non-hydrogen) atoms. The number of halogens is 3. The summed E-state index contributed by atoms with van der Waals surface area (Å²) in [5.74, 6) is -0.421. The number of nitrogens with zero attached hydrogens (tertiary/aromatic N) is 1. The van der Waals surface area contributed by atoms with Gasteiger partial charge in [0.2, 0.25) is 0 Å². The summed E-state index contributed by atoms with van der Waals surface area (Å²) >= 11 is 0. The fraction of sp³-hybridized carbons (Fsp3) is 0.294. The summed E-state index contributed by atoms with van der Waals surface area (Å²) < 4.78 is 43.0. The van der Waals surface area contributed by atoms with Gasteiger partial charge in [-0.2, -0.15) is 13.2 Å². The molecule has 1 saturated heterocycles. The van der Waals surface area contributed by atoms with E-state index in [0.29, 0.717) is 24.6 Å². The maximum Gasteiger partial charge on any atom is 0.416 e. The van der Waals surface area contributed by atoms with Crippen molar-refractivity contribution in [1.82, 2.24) is 0 Å². The number of nitrogens with one attached hydrogen (secondary N) is 2.